The Morgan fingerprint density at radius 2 is 0.522 bits per heavy atom. The van der Waals surface area contributed by atoms with E-state index in [9.17, 15) is 0 Å². The third-order valence-corrected chi connectivity index (χ3v) is 0. The van der Waals surface area contributed by atoms with Gasteiger partial charge in [0.25, 0.3) is 0 Å². The maximum atomic E-state index is 8.52. The van der Waals surface area contributed by atoms with E-state index in [4.69, 9.17) is 47.5 Å². The van der Waals surface area contributed by atoms with Crippen LogP contribution < -0.4 is 20.4 Å². The maximum absolute atomic E-state index is 8.52. The predicted octanol–water partition coefficient (Wildman–Crippen LogP) is -0.500. The maximum Gasteiger partial charge on any atom is 3.00 e. The molecule has 16 N–H and O–H groups in total. The molecule has 0 bridgehead atoms. The summed E-state index contributed by atoms with van der Waals surface area (Å²) in [7, 11) is -5.17. The molecule has 0 aliphatic heterocycles. The van der Waals surface area contributed by atoms with Crippen LogP contribution in [0.2, 0.25) is 0 Å². The summed E-state index contributed by atoms with van der Waals surface area (Å²) in [6.45, 7) is 0. The quantitative estimate of drug-likeness (QED) is 0.327. The van der Waals surface area contributed by atoms with E-state index in [1.54, 1.807) is 0 Å². The predicted molar refractivity (Wildman–Crippen MR) is 63.5 cm³/mol. The molecule has 0 aliphatic carbocycles. The van der Waals surface area contributed by atoms with E-state index in [0.717, 1.165) is 0 Å². The van der Waals surface area contributed by atoms with Gasteiger partial charge in [0.2, 0.25) is 0 Å². The SMILES string of the molecule is O=C([O-])[O-].O=C([O-])[O-].O=S(=O)([O-])[O-].[Co+3].[Co+3].[NH2-].[NH2-].[NH2-].[NH2-].[NH2-].[NH2-].[NH2-].[NH2-]. The number of carbonyl (C=O) groups is 2. The number of carbonyl (C=O) groups excluding carboxylic acids is 2. The van der Waals surface area contributed by atoms with Crippen LogP contribution in [0.1, 0.15) is 0 Å². The molecule has 0 atom stereocenters. The van der Waals surface area contributed by atoms with Gasteiger partial charge in [-0.2, -0.15) is 0 Å². The van der Waals surface area contributed by atoms with Crippen LogP contribution in [-0.4, -0.2) is 29.8 Å². The van der Waals surface area contributed by atoms with Gasteiger partial charge in [0.05, 0.1) is 0 Å². The second-order valence-electron chi connectivity index (χ2n) is 0.908. The molecule has 0 aromatic rings. The van der Waals surface area contributed by atoms with Crippen molar-refractivity contribution in [3.8, 4) is 0 Å². The summed E-state index contributed by atoms with van der Waals surface area (Å²) in [6, 6.07) is 0. The average molecular weight is 462 g/mol. The van der Waals surface area contributed by atoms with Crippen LogP contribution in [0.4, 0.5) is 9.59 Å². The molecule has 0 radical (unpaired) electrons. The van der Waals surface area contributed by atoms with Crippen LogP contribution in [-0.2, 0) is 44.0 Å². The molecule has 0 saturated heterocycles. The van der Waals surface area contributed by atoms with Crippen LogP contribution in [0.3, 0.4) is 0 Å². The first kappa shape index (κ1) is 119. The van der Waals surface area contributed by atoms with Crippen LogP contribution >= 0.6 is 0 Å². The van der Waals surface area contributed by atoms with Crippen molar-refractivity contribution in [2.45, 2.75) is 0 Å². The van der Waals surface area contributed by atoms with Gasteiger partial charge in [-0.3, -0.25) is 8.42 Å². The molecule has 18 nitrogen and oxygen atoms in total. The van der Waals surface area contributed by atoms with Crippen molar-refractivity contribution in [3.05, 3.63) is 49.2 Å². The monoisotopic (exact) mass is 462 g/mol. The van der Waals surface area contributed by atoms with Gasteiger partial charge in [0.1, 0.15) is 0 Å². The van der Waals surface area contributed by atoms with Crippen molar-refractivity contribution in [2.24, 2.45) is 0 Å². The van der Waals surface area contributed by atoms with Gasteiger partial charge in [0.15, 0.2) is 0 Å². The minimum atomic E-state index is -5.17. The van der Waals surface area contributed by atoms with Gasteiger partial charge < -0.3 is 88.3 Å². The topological polar surface area (TPSA) is 475 Å². The van der Waals surface area contributed by atoms with Crippen LogP contribution in [0.15, 0.2) is 0 Å². The second-order valence-corrected chi connectivity index (χ2v) is 1.72. The summed E-state index contributed by atoms with van der Waals surface area (Å²) in [5.74, 6) is 0. The first-order valence-electron chi connectivity index (χ1n) is 1.89. The van der Waals surface area contributed by atoms with E-state index < -0.39 is 22.7 Å². The Morgan fingerprint density at radius 1 is 0.522 bits per heavy atom. The fourth-order valence-electron chi connectivity index (χ4n) is 0. The molecule has 0 aromatic heterocycles. The van der Waals surface area contributed by atoms with E-state index in [1.807, 2.05) is 0 Å². The van der Waals surface area contributed by atoms with Crippen LogP contribution in [0.5, 0.6) is 0 Å². The molecule has 0 spiro atoms. The number of rotatable bonds is 0. The van der Waals surface area contributed by atoms with E-state index in [1.165, 1.54) is 0 Å². The number of hydrogen-bond donors (Lipinski definition) is 0. The minimum Gasteiger partial charge on any atom is -0.759 e. The molecule has 0 aromatic carbocycles. The summed E-state index contributed by atoms with van der Waals surface area (Å²) in [5.41, 5.74) is 0. The summed E-state index contributed by atoms with van der Waals surface area (Å²) in [5, 5.41) is 33.3. The molecule has 0 unspecified atom stereocenters. The Bertz CT molecular complexity index is 238. The van der Waals surface area contributed by atoms with Crippen molar-refractivity contribution in [2.75, 3.05) is 0 Å². The van der Waals surface area contributed by atoms with E-state index in [2.05, 4.69) is 0 Å². The molecule has 0 saturated carbocycles. The molecule has 23 heavy (non-hydrogen) atoms. The minimum absolute atomic E-state index is 0. The molecular weight excluding hydrogens is 446 g/mol. The standard InChI is InChI=1S/2CH2O3.2Co.8H2N.H2O4S/c2*2-1(3)4;;;;;;;;;;;1-5(2,3)4/h2*(H2,2,3,4);;;8*1H2;(H2,1,2,3,4)/q;;2*+3;8*-1;/p-6. The van der Waals surface area contributed by atoms with E-state index in [-0.39, 0.29) is 82.8 Å². The molecule has 21 heteroatoms. The number of nitrogens with two attached hydrogens (primary N) is 8. The molecule has 0 aliphatic rings. The smallest absolute Gasteiger partial charge is 0.759 e. The Labute approximate surface area is 153 Å². The Morgan fingerprint density at radius 3 is 0.522 bits per heavy atom. The summed E-state index contributed by atoms with van der Waals surface area (Å²) >= 11 is 0. The van der Waals surface area contributed by atoms with Crippen molar-refractivity contribution in [1.82, 2.24) is 0 Å². The van der Waals surface area contributed by atoms with Gasteiger partial charge in [-0.15, -0.1) is 0 Å². The first-order valence-corrected chi connectivity index (χ1v) is 3.22. The third kappa shape index (κ3) is 9570. The molecule has 0 heterocycles. The van der Waals surface area contributed by atoms with Crippen LogP contribution in [0.25, 0.3) is 49.2 Å². The Hall–Kier alpha value is -0.897. The number of carboxylic acid groups (broad SMARTS) is 4. The van der Waals surface area contributed by atoms with Gasteiger partial charge in [-0.25, -0.2) is 0 Å². The largest absolute Gasteiger partial charge is 3.00 e. The van der Waals surface area contributed by atoms with Crippen molar-refractivity contribution in [3.63, 3.8) is 0 Å². The Balaban J connectivity index is -0.00000000489. The van der Waals surface area contributed by atoms with E-state index in [0.29, 0.717) is 0 Å². The molecular formula is C2H16Co2N8O10S-8. The molecule has 0 rings (SSSR count). The molecule has 0 amide bonds. The van der Waals surface area contributed by atoms with Crippen molar-refractivity contribution >= 4 is 22.7 Å². The fraction of sp³-hybridized carbons (Fsp3) is 0. The van der Waals surface area contributed by atoms with Gasteiger partial charge >= 0.3 is 33.6 Å². The van der Waals surface area contributed by atoms with Crippen LogP contribution in [0, 0.1) is 0 Å². The van der Waals surface area contributed by atoms with Crippen molar-refractivity contribution < 1.29 is 81.1 Å². The van der Waals surface area contributed by atoms with E-state index >= 15 is 0 Å². The zero-order valence-corrected chi connectivity index (χ0v) is 13.7. The van der Waals surface area contributed by atoms with Gasteiger partial charge in [0, 0.05) is 10.4 Å². The molecule has 0 fully saturated rings. The zero-order valence-electron chi connectivity index (χ0n) is 10.8. The molecule has 156 valence electrons. The zero-order chi connectivity index (χ0) is 11.7. The summed E-state index contributed by atoms with van der Waals surface area (Å²) < 4.78 is 34.1. The van der Waals surface area contributed by atoms with Gasteiger partial charge in [-0.05, 0) is 12.3 Å². The summed E-state index contributed by atoms with van der Waals surface area (Å²) in [4.78, 5) is 16.7. The average Bonchev–Trinajstić information content (AvgIpc) is 1.50. The fourth-order valence-corrected chi connectivity index (χ4v) is 0. The Kier molecular flexibility index (Phi) is 357. The third-order valence-electron chi connectivity index (χ3n) is 0. The van der Waals surface area contributed by atoms with Crippen molar-refractivity contribution in [1.29, 1.82) is 0 Å². The number of hydrogen-bond acceptors (Lipinski definition) is 10. The second kappa shape index (κ2) is 69.2. The normalized spacial score (nSPS) is 4.61. The summed E-state index contributed by atoms with van der Waals surface area (Å²) in [6.07, 6.45) is -4.67. The van der Waals surface area contributed by atoms with Gasteiger partial charge in [-0.1, -0.05) is 0 Å². The first-order chi connectivity index (χ1) is 5.46.